The van der Waals surface area contributed by atoms with E-state index in [0.29, 0.717) is 6.04 Å². The standard InChI is InChI=1S/C14H24N2O/c1-12-5-4-6-13(11-12)14(15-2)7-8-16(3)9-10-17/h4-6,11,14-15,17H,7-10H2,1-3H3. The number of rotatable bonds is 7. The van der Waals surface area contributed by atoms with Gasteiger partial charge in [-0.1, -0.05) is 29.8 Å². The largest absolute Gasteiger partial charge is 0.395 e. The van der Waals surface area contributed by atoms with Gasteiger partial charge in [-0.05, 0) is 39.5 Å². The number of hydrogen-bond donors (Lipinski definition) is 2. The van der Waals surface area contributed by atoms with E-state index in [9.17, 15) is 0 Å². The van der Waals surface area contributed by atoms with Crippen molar-refractivity contribution in [1.29, 1.82) is 0 Å². The van der Waals surface area contributed by atoms with Gasteiger partial charge in [-0.3, -0.25) is 0 Å². The SMILES string of the molecule is CNC(CCN(C)CCO)c1cccc(C)c1. The number of hydrogen-bond acceptors (Lipinski definition) is 3. The first-order valence-corrected chi connectivity index (χ1v) is 6.20. The number of aliphatic hydroxyl groups is 1. The van der Waals surface area contributed by atoms with Crippen molar-refractivity contribution in [1.82, 2.24) is 10.2 Å². The van der Waals surface area contributed by atoms with Crippen molar-refractivity contribution >= 4 is 0 Å². The lowest BCUT2D eigenvalue weighted by atomic mass is 10.0. The Labute approximate surface area is 104 Å². The topological polar surface area (TPSA) is 35.5 Å². The Morgan fingerprint density at radius 2 is 2.12 bits per heavy atom. The maximum absolute atomic E-state index is 8.86. The molecule has 1 unspecified atom stereocenters. The quantitative estimate of drug-likeness (QED) is 0.754. The number of benzene rings is 1. The first-order chi connectivity index (χ1) is 8.17. The van der Waals surface area contributed by atoms with E-state index in [0.717, 1.165) is 19.5 Å². The Morgan fingerprint density at radius 1 is 1.35 bits per heavy atom. The minimum Gasteiger partial charge on any atom is -0.395 e. The molecule has 1 aromatic carbocycles. The third kappa shape index (κ3) is 4.86. The molecule has 0 radical (unpaired) electrons. The Hall–Kier alpha value is -0.900. The molecular formula is C14H24N2O. The van der Waals surface area contributed by atoms with E-state index < -0.39 is 0 Å². The summed E-state index contributed by atoms with van der Waals surface area (Å²) < 4.78 is 0. The lowest BCUT2D eigenvalue weighted by molar-refractivity contribution is 0.216. The van der Waals surface area contributed by atoms with Crippen LogP contribution < -0.4 is 5.32 Å². The van der Waals surface area contributed by atoms with Gasteiger partial charge in [-0.2, -0.15) is 0 Å². The second-order valence-corrected chi connectivity index (χ2v) is 4.57. The molecule has 0 aliphatic carbocycles. The monoisotopic (exact) mass is 236 g/mol. The van der Waals surface area contributed by atoms with Crippen LogP contribution in [0, 0.1) is 6.92 Å². The minimum absolute atomic E-state index is 0.227. The number of aryl methyl sites for hydroxylation is 1. The molecule has 1 aromatic rings. The molecule has 0 heterocycles. The van der Waals surface area contributed by atoms with E-state index in [1.807, 2.05) is 14.1 Å². The number of aliphatic hydroxyl groups excluding tert-OH is 1. The molecule has 0 aromatic heterocycles. The van der Waals surface area contributed by atoms with Gasteiger partial charge in [0.2, 0.25) is 0 Å². The molecule has 2 N–H and O–H groups in total. The third-order valence-corrected chi connectivity index (χ3v) is 3.07. The highest BCUT2D eigenvalue weighted by Gasteiger charge is 2.10. The van der Waals surface area contributed by atoms with Gasteiger partial charge in [0.1, 0.15) is 0 Å². The van der Waals surface area contributed by atoms with Crippen LogP contribution in [0.3, 0.4) is 0 Å². The Bertz CT molecular complexity index is 328. The van der Waals surface area contributed by atoms with Crippen LogP contribution in [-0.4, -0.2) is 43.8 Å². The third-order valence-electron chi connectivity index (χ3n) is 3.07. The molecule has 3 heteroatoms. The normalized spacial score (nSPS) is 13.0. The summed E-state index contributed by atoms with van der Waals surface area (Å²) in [5, 5.41) is 12.2. The summed E-state index contributed by atoms with van der Waals surface area (Å²) in [7, 11) is 4.04. The van der Waals surface area contributed by atoms with Crippen LogP contribution in [0.4, 0.5) is 0 Å². The maximum atomic E-state index is 8.86. The van der Waals surface area contributed by atoms with Crippen LogP contribution in [-0.2, 0) is 0 Å². The smallest absolute Gasteiger partial charge is 0.0558 e. The molecule has 0 amide bonds. The van der Waals surface area contributed by atoms with Crippen LogP contribution in [0.1, 0.15) is 23.6 Å². The van der Waals surface area contributed by atoms with Crippen molar-refractivity contribution in [3.8, 4) is 0 Å². The fraction of sp³-hybridized carbons (Fsp3) is 0.571. The van der Waals surface area contributed by atoms with Crippen molar-refractivity contribution < 1.29 is 5.11 Å². The van der Waals surface area contributed by atoms with E-state index in [1.165, 1.54) is 11.1 Å². The van der Waals surface area contributed by atoms with E-state index in [-0.39, 0.29) is 6.61 Å². The molecule has 0 fully saturated rings. The van der Waals surface area contributed by atoms with Crippen LogP contribution in [0.25, 0.3) is 0 Å². The van der Waals surface area contributed by atoms with E-state index in [2.05, 4.69) is 41.4 Å². The Balaban J connectivity index is 2.54. The zero-order valence-electron chi connectivity index (χ0n) is 11.1. The molecule has 1 rings (SSSR count). The maximum Gasteiger partial charge on any atom is 0.0558 e. The van der Waals surface area contributed by atoms with Gasteiger partial charge < -0.3 is 15.3 Å². The zero-order chi connectivity index (χ0) is 12.7. The summed E-state index contributed by atoms with van der Waals surface area (Å²) >= 11 is 0. The number of nitrogens with zero attached hydrogens (tertiary/aromatic N) is 1. The summed E-state index contributed by atoms with van der Waals surface area (Å²) in [5.41, 5.74) is 2.64. The molecule has 3 nitrogen and oxygen atoms in total. The number of nitrogens with one attached hydrogen (secondary N) is 1. The predicted molar refractivity (Wildman–Crippen MR) is 72.2 cm³/mol. The zero-order valence-corrected chi connectivity index (χ0v) is 11.1. The van der Waals surface area contributed by atoms with E-state index in [4.69, 9.17) is 5.11 Å². The predicted octanol–water partition coefficient (Wildman–Crippen LogP) is 1.57. The summed E-state index contributed by atoms with van der Waals surface area (Å²) in [4.78, 5) is 2.15. The van der Waals surface area contributed by atoms with Gasteiger partial charge in [-0.25, -0.2) is 0 Å². The molecule has 0 saturated carbocycles. The van der Waals surface area contributed by atoms with E-state index >= 15 is 0 Å². The summed E-state index contributed by atoms with van der Waals surface area (Å²) in [6.45, 7) is 4.07. The van der Waals surface area contributed by atoms with Gasteiger partial charge in [0.15, 0.2) is 0 Å². The van der Waals surface area contributed by atoms with Gasteiger partial charge in [0.25, 0.3) is 0 Å². The van der Waals surface area contributed by atoms with Crippen molar-refractivity contribution in [2.24, 2.45) is 0 Å². The van der Waals surface area contributed by atoms with Crippen LogP contribution >= 0.6 is 0 Å². The van der Waals surface area contributed by atoms with Crippen molar-refractivity contribution in [3.05, 3.63) is 35.4 Å². The summed E-state index contributed by atoms with van der Waals surface area (Å²) in [5.74, 6) is 0. The van der Waals surface area contributed by atoms with Gasteiger partial charge in [0.05, 0.1) is 6.61 Å². The fourth-order valence-corrected chi connectivity index (χ4v) is 2.00. The highest BCUT2D eigenvalue weighted by atomic mass is 16.3. The average Bonchev–Trinajstić information content (AvgIpc) is 2.30. The Kier molecular flexibility index (Phi) is 6.19. The molecule has 0 spiro atoms. The highest BCUT2D eigenvalue weighted by Crippen LogP contribution is 2.17. The lowest BCUT2D eigenvalue weighted by Crippen LogP contribution is -2.27. The first-order valence-electron chi connectivity index (χ1n) is 6.20. The lowest BCUT2D eigenvalue weighted by Gasteiger charge is -2.21. The Morgan fingerprint density at radius 3 is 2.71 bits per heavy atom. The van der Waals surface area contributed by atoms with Crippen molar-refractivity contribution in [2.45, 2.75) is 19.4 Å². The second kappa shape index (κ2) is 7.43. The summed E-state index contributed by atoms with van der Waals surface area (Å²) in [6.07, 6.45) is 1.05. The molecule has 0 aliphatic heterocycles. The average molecular weight is 236 g/mol. The fourth-order valence-electron chi connectivity index (χ4n) is 2.00. The first kappa shape index (κ1) is 14.2. The molecule has 0 aliphatic rings. The molecule has 0 bridgehead atoms. The van der Waals surface area contributed by atoms with Crippen LogP contribution in [0.2, 0.25) is 0 Å². The van der Waals surface area contributed by atoms with Gasteiger partial charge >= 0.3 is 0 Å². The molecule has 17 heavy (non-hydrogen) atoms. The van der Waals surface area contributed by atoms with E-state index in [1.54, 1.807) is 0 Å². The minimum atomic E-state index is 0.227. The molecule has 96 valence electrons. The van der Waals surface area contributed by atoms with Crippen molar-refractivity contribution in [3.63, 3.8) is 0 Å². The van der Waals surface area contributed by atoms with Crippen LogP contribution in [0.5, 0.6) is 0 Å². The number of likely N-dealkylation sites (N-methyl/N-ethyl adjacent to an activating group) is 1. The molecular weight excluding hydrogens is 212 g/mol. The van der Waals surface area contributed by atoms with Gasteiger partial charge in [0, 0.05) is 12.6 Å². The highest BCUT2D eigenvalue weighted by molar-refractivity contribution is 5.25. The molecule has 1 atom stereocenters. The van der Waals surface area contributed by atoms with Gasteiger partial charge in [-0.15, -0.1) is 0 Å². The van der Waals surface area contributed by atoms with Crippen LogP contribution in [0.15, 0.2) is 24.3 Å². The second-order valence-electron chi connectivity index (χ2n) is 4.57. The summed E-state index contributed by atoms with van der Waals surface area (Å²) in [6, 6.07) is 9.00. The molecule has 0 saturated heterocycles. The van der Waals surface area contributed by atoms with Crippen molar-refractivity contribution in [2.75, 3.05) is 33.8 Å².